The Kier molecular flexibility index (Phi) is 10.0. The molecule has 1 unspecified atom stereocenters. The van der Waals surface area contributed by atoms with E-state index >= 15 is 0 Å². The summed E-state index contributed by atoms with van der Waals surface area (Å²) in [6, 6.07) is 0. The fourth-order valence-electron chi connectivity index (χ4n) is 4.87. The Morgan fingerprint density at radius 3 is 2.29 bits per heavy atom. The van der Waals surface area contributed by atoms with Crippen LogP contribution in [0.5, 0.6) is 0 Å². The summed E-state index contributed by atoms with van der Waals surface area (Å²) >= 11 is 0. The van der Waals surface area contributed by atoms with Crippen molar-refractivity contribution in [2.75, 3.05) is 20.3 Å². The molecule has 1 N–H and O–H groups in total. The van der Waals surface area contributed by atoms with Crippen LogP contribution in [0.4, 0.5) is 4.79 Å². The number of hydrogen-bond acceptors (Lipinski definition) is 9. The molecule has 0 aromatic heterocycles. The van der Waals surface area contributed by atoms with Gasteiger partial charge in [0.25, 0.3) is 5.91 Å². The largest absolute Gasteiger partial charge is 0.508 e. The number of hydrogen-bond donors (Lipinski definition) is 1. The Morgan fingerprint density at radius 2 is 1.74 bits per heavy atom. The van der Waals surface area contributed by atoms with Gasteiger partial charge in [0.1, 0.15) is 23.2 Å². The number of ketones is 1. The van der Waals surface area contributed by atoms with Crippen molar-refractivity contribution in [2.24, 2.45) is 17.3 Å². The number of Topliss-reactive ketones (excluding diaryl/α,β-unsaturated/α-hetero) is 1. The molecule has 1 fully saturated rings. The lowest BCUT2D eigenvalue weighted by atomic mass is 9.91. The minimum Gasteiger partial charge on any atom is -0.508 e. The van der Waals surface area contributed by atoms with Crippen LogP contribution in [0.25, 0.3) is 0 Å². The maximum absolute atomic E-state index is 13.4. The Balaban J connectivity index is 2.06. The zero-order valence-corrected chi connectivity index (χ0v) is 24.3. The van der Waals surface area contributed by atoms with E-state index in [0.29, 0.717) is 18.3 Å². The molecule has 216 valence electrons. The number of fused-ring (bicyclic) bond motifs is 1. The molecule has 0 aliphatic carbocycles. The van der Waals surface area contributed by atoms with E-state index in [2.05, 4.69) is 20.8 Å². The van der Waals surface area contributed by atoms with Gasteiger partial charge in [-0.1, -0.05) is 60.8 Å². The fourth-order valence-corrected chi connectivity index (χ4v) is 4.87. The summed E-state index contributed by atoms with van der Waals surface area (Å²) < 4.78 is 21.2. The number of carbonyl (C=O) groups is 4. The van der Waals surface area contributed by atoms with Crippen LogP contribution in [0.2, 0.25) is 0 Å². The Bertz CT molecular complexity index is 946. The van der Waals surface area contributed by atoms with Crippen molar-refractivity contribution >= 4 is 23.8 Å². The van der Waals surface area contributed by atoms with E-state index in [1.54, 1.807) is 0 Å². The third kappa shape index (κ3) is 6.87. The van der Waals surface area contributed by atoms with Crippen LogP contribution >= 0.6 is 0 Å². The lowest BCUT2D eigenvalue weighted by molar-refractivity contribution is -0.158. The molecular formula is C28H45NO9. The van der Waals surface area contributed by atoms with Gasteiger partial charge in [0, 0.05) is 5.41 Å². The van der Waals surface area contributed by atoms with Crippen LogP contribution in [0.15, 0.2) is 11.3 Å². The van der Waals surface area contributed by atoms with Gasteiger partial charge < -0.3 is 24.1 Å². The number of ether oxygens (including phenoxy) is 4. The van der Waals surface area contributed by atoms with E-state index in [9.17, 15) is 24.3 Å². The topological polar surface area (TPSA) is 129 Å². The summed E-state index contributed by atoms with van der Waals surface area (Å²) in [5, 5.41) is 11.1. The molecule has 0 bridgehead atoms. The van der Waals surface area contributed by atoms with Gasteiger partial charge in [-0.25, -0.2) is 9.59 Å². The quantitative estimate of drug-likeness (QED) is 0.277. The van der Waals surface area contributed by atoms with Gasteiger partial charge >= 0.3 is 12.1 Å². The van der Waals surface area contributed by atoms with E-state index < -0.39 is 64.4 Å². The zero-order valence-electron chi connectivity index (χ0n) is 24.3. The van der Waals surface area contributed by atoms with Crippen molar-refractivity contribution in [1.82, 2.24) is 4.90 Å². The highest BCUT2D eigenvalue weighted by Crippen LogP contribution is 2.47. The molecule has 0 spiro atoms. The molecule has 0 aromatic carbocycles. The summed E-state index contributed by atoms with van der Waals surface area (Å²) in [6.07, 6.45) is 1.82. The van der Waals surface area contributed by atoms with Gasteiger partial charge in [-0.3, -0.25) is 14.5 Å². The summed E-state index contributed by atoms with van der Waals surface area (Å²) in [5.74, 6) is -2.16. The molecule has 0 radical (unpaired) electrons. The third-order valence-electron chi connectivity index (χ3n) is 6.95. The van der Waals surface area contributed by atoms with Crippen LogP contribution in [0.3, 0.4) is 0 Å². The number of methoxy groups -OCH3 is 1. The van der Waals surface area contributed by atoms with E-state index in [4.69, 9.17) is 18.9 Å². The first-order chi connectivity index (χ1) is 17.5. The van der Waals surface area contributed by atoms with Gasteiger partial charge in [-0.15, -0.1) is 0 Å². The summed E-state index contributed by atoms with van der Waals surface area (Å²) in [4.78, 5) is 52.9. The molecule has 1 saturated heterocycles. The smallest absolute Gasteiger partial charge is 0.508 e. The predicted octanol–water partition coefficient (Wildman–Crippen LogP) is 4.70. The van der Waals surface area contributed by atoms with Crippen LogP contribution in [-0.2, 0) is 33.3 Å². The molecule has 10 heteroatoms. The van der Waals surface area contributed by atoms with E-state index in [-0.39, 0.29) is 13.2 Å². The Hall–Kier alpha value is -2.62. The lowest BCUT2D eigenvalue weighted by Crippen LogP contribution is -2.56. The van der Waals surface area contributed by atoms with Crippen LogP contribution in [0.1, 0.15) is 87.5 Å². The number of nitrogens with zero attached hydrogens (tertiary/aromatic N) is 1. The average Bonchev–Trinajstić information content (AvgIpc) is 3.28. The predicted molar refractivity (Wildman–Crippen MR) is 139 cm³/mol. The molecule has 0 aromatic rings. The highest BCUT2D eigenvalue weighted by molar-refractivity contribution is 6.24. The van der Waals surface area contributed by atoms with Gasteiger partial charge in [0.15, 0.2) is 5.78 Å². The molecule has 38 heavy (non-hydrogen) atoms. The normalized spacial score (nSPS) is 22.5. The number of esters is 1. The maximum atomic E-state index is 13.4. The van der Waals surface area contributed by atoms with E-state index in [0.717, 1.165) is 31.3 Å². The van der Waals surface area contributed by atoms with Crippen LogP contribution in [-0.4, -0.2) is 71.5 Å². The van der Waals surface area contributed by atoms with Crippen molar-refractivity contribution < 1.29 is 43.2 Å². The minimum atomic E-state index is -1.94. The lowest BCUT2D eigenvalue weighted by Gasteiger charge is -2.36. The van der Waals surface area contributed by atoms with Gasteiger partial charge in [-0.2, -0.15) is 0 Å². The molecule has 2 aliphatic heterocycles. The standard InChI is InChI=1S/C28H45NO9/c1-17(2)11-10-12-18(3)13-14-36-25(34)38-27(7,8)15-19(30)20-21(31)28(24(33)35-9)16-37-23(26(4,5)6)29(28)22(20)32/h17-18,23,31H,10-16H2,1-9H3/t18?,23-,28-/m1/s1. The third-order valence-corrected chi connectivity index (χ3v) is 6.95. The second-order valence-electron chi connectivity index (χ2n) is 12.6. The molecule has 3 atom stereocenters. The van der Waals surface area contributed by atoms with Crippen molar-refractivity contribution in [3.63, 3.8) is 0 Å². The SMILES string of the molecule is COC(=O)[C@]12CO[C@H](C(C)(C)C)N1C(=O)C(C(=O)CC(C)(C)OC(=O)OCCC(C)CCCC(C)C)=C2O. The first-order valence-electron chi connectivity index (χ1n) is 13.3. The average molecular weight is 540 g/mol. The Labute approximate surface area is 226 Å². The summed E-state index contributed by atoms with van der Waals surface area (Å²) in [5.41, 5.74) is -4.43. The van der Waals surface area contributed by atoms with Gasteiger partial charge in [0.2, 0.25) is 5.54 Å². The van der Waals surface area contributed by atoms with Crippen molar-refractivity contribution in [3.05, 3.63) is 11.3 Å². The van der Waals surface area contributed by atoms with Crippen LogP contribution < -0.4 is 0 Å². The number of rotatable bonds is 12. The molecule has 2 heterocycles. The van der Waals surface area contributed by atoms with Crippen molar-refractivity contribution in [1.29, 1.82) is 0 Å². The number of amides is 1. The van der Waals surface area contributed by atoms with E-state index in [1.165, 1.54) is 13.8 Å². The van der Waals surface area contributed by atoms with Gasteiger partial charge in [-0.05, 0) is 32.1 Å². The molecule has 2 aliphatic rings. The second-order valence-corrected chi connectivity index (χ2v) is 12.6. The fraction of sp³-hybridized carbons (Fsp3) is 0.786. The maximum Gasteiger partial charge on any atom is 0.508 e. The first-order valence-corrected chi connectivity index (χ1v) is 13.3. The minimum absolute atomic E-state index is 0.195. The van der Waals surface area contributed by atoms with Crippen molar-refractivity contribution in [3.8, 4) is 0 Å². The van der Waals surface area contributed by atoms with Crippen molar-refractivity contribution in [2.45, 2.75) is 105 Å². The highest BCUT2D eigenvalue weighted by Gasteiger charge is 2.67. The zero-order chi connectivity index (χ0) is 29.1. The van der Waals surface area contributed by atoms with E-state index in [1.807, 2.05) is 20.8 Å². The molecular weight excluding hydrogens is 494 g/mol. The number of aliphatic hydroxyl groups is 1. The first kappa shape index (κ1) is 31.6. The summed E-state index contributed by atoms with van der Waals surface area (Å²) in [7, 11) is 1.13. The number of carbonyl (C=O) groups excluding carboxylic acids is 4. The second kappa shape index (κ2) is 12.1. The molecule has 10 nitrogen and oxygen atoms in total. The molecule has 1 amide bonds. The van der Waals surface area contributed by atoms with Crippen LogP contribution in [0, 0.1) is 17.3 Å². The molecule has 0 saturated carbocycles. The Morgan fingerprint density at radius 1 is 1.11 bits per heavy atom. The summed E-state index contributed by atoms with van der Waals surface area (Å²) in [6.45, 7) is 14.8. The van der Waals surface area contributed by atoms with Gasteiger partial charge in [0.05, 0.1) is 26.7 Å². The number of aliphatic hydroxyl groups excluding tert-OH is 1. The highest BCUT2D eigenvalue weighted by atomic mass is 16.7. The molecule has 2 rings (SSSR count). The monoisotopic (exact) mass is 539 g/mol.